The number of hydrogen-bond donors (Lipinski definition) is 2. The first-order valence-electron chi connectivity index (χ1n) is 5.12. The summed E-state index contributed by atoms with van der Waals surface area (Å²) in [6.07, 6.45) is 0. The second-order valence-corrected chi connectivity index (χ2v) is 3.95. The van der Waals surface area contributed by atoms with Crippen LogP contribution in [-0.4, -0.2) is 12.1 Å². The van der Waals surface area contributed by atoms with E-state index < -0.39 is 5.82 Å². The highest BCUT2D eigenvalue weighted by Crippen LogP contribution is 2.28. The van der Waals surface area contributed by atoms with Gasteiger partial charge in [-0.15, -0.1) is 0 Å². The molecule has 0 aliphatic heterocycles. The third-order valence-electron chi connectivity index (χ3n) is 2.29. The third kappa shape index (κ3) is 2.62. The number of ether oxygens (including phenoxy) is 1. The van der Waals surface area contributed by atoms with E-state index in [1.54, 1.807) is 12.1 Å². The highest BCUT2D eigenvalue weighted by atomic mass is 35.5. The Morgan fingerprint density at radius 3 is 2.83 bits per heavy atom. The minimum atomic E-state index is -0.400. The predicted octanol–water partition coefficient (Wildman–Crippen LogP) is 3.21. The number of halogens is 2. The van der Waals surface area contributed by atoms with Crippen LogP contribution < -0.4 is 15.8 Å². The Hall–Kier alpha value is -2.01. The van der Waals surface area contributed by atoms with Gasteiger partial charge in [0.05, 0.1) is 23.5 Å². The molecular formula is C12H11ClFN3O. The van der Waals surface area contributed by atoms with Crippen LogP contribution >= 0.6 is 11.6 Å². The van der Waals surface area contributed by atoms with Gasteiger partial charge in [0.25, 0.3) is 0 Å². The number of rotatable bonds is 3. The van der Waals surface area contributed by atoms with E-state index in [-0.39, 0.29) is 0 Å². The molecule has 0 aliphatic carbocycles. The zero-order valence-corrected chi connectivity index (χ0v) is 10.3. The van der Waals surface area contributed by atoms with E-state index in [2.05, 4.69) is 10.3 Å². The molecule has 0 aliphatic rings. The topological polar surface area (TPSA) is 60.2 Å². The van der Waals surface area contributed by atoms with Crippen molar-refractivity contribution in [3.05, 3.63) is 41.2 Å². The van der Waals surface area contributed by atoms with E-state index in [1.807, 2.05) is 0 Å². The van der Waals surface area contributed by atoms with Crippen LogP contribution in [0.4, 0.5) is 21.6 Å². The summed E-state index contributed by atoms with van der Waals surface area (Å²) < 4.78 is 18.1. The maximum absolute atomic E-state index is 13.1. The van der Waals surface area contributed by atoms with Crippen molar-refractivity contribution in [2.75, 3.05) is 18.2 Å². The molecule has 1 aromatic heterocycles. The molecule has 0 saturated heterocycles. The minimum absolute atomic E-state index is 0.363. The molecule has 0 saturated carbocycles. The standard InChI is InChI=1S/C12H11ClFN3O/c1-18-11-5-4-9(15)12(17-11)16-10-6-7(14)2-3-8(10)13/h2-6H,15H2,1H3,(H,16,17). The van der Waals surface area contributed by atoms with Crippen molar-refractivity contribution in [1.29, 1.82) is 0 Å². The summed E-state index contributed by atoms with van der Waals surface area (Å²) in [5.41, 5.74) is 6.57. The van der Waals surface area contributed by atoms with Gasteiger partial charge in [-0.1, -0.05) is 11.6 Å². The second-order valence-electron chi connectivity index (χ2n) is 3.54. The number of methoxy groups -OCH3 is 1. The second kappa shape index (κ2) is 5.10. The molecule has 0 unspecified atom stereocenters. The van der Waals surface area contributed by atoms with Crippen LogP contribution in [0.1, 0.15) is 0 Å². The monoisotopic (exact) mass is 267 g/mol. The summed E-state index contributed by atoms with van der Waals surface area (Å²) in [5, 5.41) is 3.24. The Balaban J connectivity index is 2.36. The van der Waals surface area contributed by atoms with Crippen molar-refractivity contribution in [3.63, 3.8) is 0 Å². The van der Waals surface area contributed by atoms with E-state index in [0.717, 1.165) is 0 Å². The Morgan fingerprint density at radius 1 is 1.33 bits per heavy atom. The molecule has 0 fully saturated rings. The van der Waals surface area contributed by atoms with Crippen molar-refractivity contribution in [3.8, 4) is 5.88 Å². The van der Waals surface area contributed by atoms with Gasteiger partial charge in [0, 0.05) is 6.07 Å². The average Bonchev–Trinajstić information content (AvgIpc) is 2.36. The van der Waals surface area contributed by atoms with Gasteiger partial charge in [-0.25, -0.2) is 4.39 Å². The van der Waals surface area contributed by atoms with Crippen molar-refractivity contribution in [1.82, 2.24) is 4.98 Å². The quantitative estimate of drug-likeness (QED) is 0.896. The SMILES string of the molecule is COc1ccc(N)c(Nc2cc(F)ccc2Cl)n1. The van der Waals surface area contributed by atoms with Gasteiger partial charge >= 0.3 is 0 Å². The van der Waals surface area contributed by atoms with Gasteiger partial charge < -0.3 is 15.8 Å². The summed E-state index contributed by atoms with van der Waals surface area (Å²) in [6, 6.07) is 7.27. The fourth-order valence-electron chi connectivity index (χ4n) is 1.39. The molecule has 0 atom stereocenters. The fourth-order valence-corrected chi connectivity index (χ4v) is 1.55. The van der Waals surface area contributed by atoms with E-state index in [4.69, 9.17) is 22.1 Å². The smallest absolute Gasteiger partial charge is 0.215 e. The molecule has 0 bridgehead atoms. The lowest BCUT2D eigenvalue weighted by Crippen LogP contribution is -2.01. The molecule has 0 radical (unpaired) electrons. The number of anilines is 3. The summed E-state index contributed by atoms with van der Waals surface area (Å²) >= 11 is 5.94. The van der Waals surface area contributed by atoms with Crippen molar-refractivity contribution in [2.24, 2.45) is 0 Å². The summed E-state index contributed by atoms with van der Waals surface area (Å²) in [4.78, 5) is 4.12. The molecule has 18 heavy (non-hydrogen) atoms. The van der Waals surface area contributed by atoms with Crippen molar-refractivity contribution >= 4 is 28.8 Å². The molecule has 1 aromatic carbocycles. The largest absolute Gasteiger partial charge is 0.481 e. The van der Waals surface area contributed by atoms with E-state index in [0.29, 0.717) is 28.1 Å². The molecule has 0 spiro atoms. The zero-order valence-electron chi connectivity index (χ0n) is 9.58. The number of pyridine rings is 1. The first-order valence-corrected chi connectivity index (χ1v) is 5.50. The zero-order chi connectivity index (χ0) is 13.1. The molecule has 2 rings (SSSR count). The molecule has 1 heterocycles. The van der Waals surface area contributed by atoms with Crippen LogP contribution in [0, 0.1) is 5.82 Å². The van der Waals surface area contributed by atoms with E-state index in [9.17, 15) is 4.39 Å². The van der Waals surface area contributed by atoms with E-state index >= 15 is 0 Å². The fraction of sp³-hybridized carbons (Fsp3) is 0.0833. The first-order chi connectivity index (χ1) is 8.60. The van der Waals surface area contributed by atoms with Crippen LogP contribution in [-0.2, 0) is 0 Å². The number of nitrogens with one attached hydrogen (secondary N) is 1. The highest BCUT2D eigenvalue weighted by molar-refractivity contribution is 6.33. The Kier molecular flexibility index (Phi) is 3.53. The molecule has 2 aromatic rings. The van der Waals surface area contributed by atoms with Gasteiger partial charge in [0.15, 0.2) is 5.82 Å². The maximum Gasteiger partial charge on any atom is 0.215 e. The summed E-state index contributed by atoms with van der Waals surface area (Å²) in [6.45, 7) is 0. The molecule has 4 nitrogen and oxygen atoms in total. The van der Waals surface area contributed by atoms with Gasteiger partial charge in [-0.2, -0.15) is 4.98 Å². The number of benzene rings is 1. The maximum atomic E-state index is 13.1. The minimum Gasteiger partial charge on any atom is -0.481 e. The van der Waals surface area contributed by atoms with Gasteiger partial charge in [-0.05, 0) is 24.3 Å². The number of hydrogen-bond acceptors (Lipinski definition) is 4. The third-order valence-corrected chi connectivity index (χ3v) is 2.62. The number of nitrogen functional groups attached to an aromatic ring is 1. The van der Waals surface area contributed by atoms with Gasteiger partial charge in [-0.3, -0.25) is 0 Å². The van der Waals surface area contributed by atoms with Crippen LogP contribution in [0.3, 0.4) is 0 Å². The van der Waals surface area contributed by atoms with Gasteiger partial charge in [0.1, 0.15) is 5.82 Å². The molecule has 6 heteroatoms. The lowest BCUT2D eigenvalue weighted by atomic mass is 10.3. The van der Waals surface area contributed by atoms with Crippen LogP contribution in [0.15, 0.2) is 30.3 Å². The molecule has 3 N–H and O–H groups in total. The van der Waals surface area contributed by atoms with E-state index in [1.165, 1.54) is 25.3 Å². The lowest BCUT2D eigenvalue weighted by molar-refractivity contribution is 0.398. The Labute approximate surface area is 109 Å². The van der Waals surface area contributed by atoms with Gasteiger partial charge in [0.2, 0.25) is 5.88 Å². The van der Waals surface area contributed by atoms with Crippen molar-refractivity contribution < 1.29 is 9.13 Å². The number of nitrogens with two attached hydrogens (primary N) is 1. The Bertz CT molecular complexity index is 577. The predicted molar refractivity (Wildman–Crippen MR) is 69.9 cm³/mol. The lowest BCUT2D eigenvalue weighted by Gasteiger charge is -2.11. The average molecular weight is 268 g/mol. The molecular weight excluding hydrogens is 257 g/mol. The van der Waals surface area contributed by atoms with Crippen LogP contribution in [0.5, 0.6) is 5.88 Å². The number of nitrogens with zero attached hydrogens (tertiary/aromatic N) is 1. The summed E-state index contributed by atoms with van der Waals surface area (Å²) in [5.74, 6) is 0.365. The van der Waals surface area contributed by atoms with Crippen LogP contribution in [0.2, 0.25) is 5.02 Å². The van der Waals surface area contributed by atoms with Crippen LogP contribution in [0.25, 0.3) is 0 Å². The number of aromatic nitrogens is 1. The molecule has 0 amide bonds. The first kappa shape index (κ1) is 12.4. The van der Waals surface area contributed by atoms with Crippen molar-refractivity contribution in [2.45, 2.75) is 0 Å². The molecule has 94 valence electrons. The Morgan fingerprint density at radius 2 is 2.11 bits per heavy atom. The normalized spacial score (nSPS) is 10.2. The highest BCUT2D eigenvalue weighted by Gasteiger charge is 2.07. The summed E-state index contributed by atoms with van der Waals surface area (Å²) in [7, 11) is 1.50.